The molecule has 1 amide bonds. The third-order valence-corrected chi connectivity index (χ3v) is 5.39. The molecule has 1 atom stereocenters. The number of ether oxygens (including phenoxy) is 1. The summed E-state index contributed by atoms with van der Waals surface area (Å²) in [4.78, 5) is 34.0. The first kappa shape index (κ1) is 21.1. The molecule has 9 nitrogen and oxygen atoms in total. The maximum absolute atomic E-state index is 12.0. The van der Waals surface area contributed by atoms with E-state index in [9.17, 15) is 9.59 Å². The van der Waals surface area contributed by atoms with E-state index in [4.69, 9.17) is 10.5 Å². The van der Waals surface area contributed by atoms with Gasteiger partial charge in [-0.15, -0.1) is 0 Å². The Morgan fingerprint density at radius 3 is 2.81 bits per heavy atom. The second-order valence-electron chi connectivity index (χ2n) is 7.44. The van der Waals surface area contributed by atoms with Crippen molar-refractivity contribution in [1.29, 1.82) is 0 Å². The number of Topliss-reactive ketones (excluding diaryl/α,β-unsaturated/α-hetero) is 1. The normalized spacial score (nSPS) is 15.3. The molecule has 1 saturated heterocycles. The van der Waals surface area contributed by atoms with Crippen molar-refractivity contribution in [3.8, 4) is 17.6 Å². The van der Waals surface area contributed by atoms with Gasteiger partial charge in [-0.25, -0.2) is 14.6 Å². The highest BCUT2D eigenvalue weighted by atomic mass is 16.5. The van der Waals surface area contributed by atoms with Crippen LogP contribution in [0.25, 0.3) is 11.0 Å². The molecule has 1 fully saturated rings. The summed E-state index contributed by atoms with van der Waals surface area (Å²) in [6.07, 6.45) is 3.42. The molecular weight excluding hydrogens is 408 g/mol. The minimum Gasteiger partial charge on any atom is -0.497 e. The van der Waals surface area contributed by atoms with E-state index < -0.39 is 0 Å². The lowest BCUT2D eigenvalue weighted by atomic mass is 10.1. The van der Waals surface area contributed by atoms with Gasteiger partial charge in [0.25, 0.3) is 0 Å². The number of nitrogen functional groups attached to an aromatic ring is 1. The molecule has 0 aliphatic carbocycles. The number of ketones is 1. The number of methoxy groups -OCH3 is 1. The van der Waals surface area contributed by atoms with Gasteiger partial charge in [0, 0.05) is 24.2 Å². The number of amides is 1. The molecule has 2 N–H and O–H groups in total. The lowest BCUT2D eigenvalue weighted by Crippen LogP contribution is -2.27. The summed E-state index contributed by atoms with van der Waals surface area (Å²) in [6, 6.07) is 5.05. The molecule has 0 saturated carbocycles. The maximum Gasteiger partial charge on any atom is 0.246 e. The van der Waals surface area contributed by atoms with Crippen molar-refractivity contribution < 1.29 is 14.3 Å². The van der Waals surface area contributed by atoms with Gasteiger partial charge in [-0.1, -0.05) is 12.5 Å². The van der Waals surface area contributed by atoms with Crippen LogP contribution in [0, 0.1) is 11.8 Å². The third-order valence-electron chi connectivity index (χ3n) is 5.39. The van der Waals surface area contributed by atoms with Crippen LogP contribution in [-0.2, 0) is 4.79 Å². The fourth-order valence-electron chi connectivity index (χ4n) is 3.73. The summed E-state index contributed by atoms with van der Waals surface area (Å²) in [7, 11) is 1.53. The van der Waals surface area contributed by atoms with Crippen molar-refractivity contribution in [2.24, 2.45) is 0 Å². The largest absolute Gasteiger partial charge is 0.497 e. The van der Waals surface area contributed by atoms with E-state index in [1.165, 1.54) is 26.4 Å². The number of anilines is 1. The highest BCUT2D eigenvalue weighted by Crippen LogP contribution is 2.28. The van der Waals surface area contributed by atoms with Crippen LogP contribution in [0.5, 0.6) is 5.75 Å². The van der Waals surface area contributed by atoms with Crippen LogP contribution < -0.4 is 10.5 Å². The average molecular weight is 430 g/mol. The van der Waals surface area contributed by atoms with Crippen molar-refractivity contribution in [3.63, 3.8) is 0 Å². The van der Waals surface area contributed by atoms with Crippen LogP contribution in [0.3, 0.4) is 0 Å². The second kappa shape index (κ2) is 8.51. The molecular formula is C23H22N6O3. The number of aromatic nitrogens is 4. The molecule has 162 valence electrons. The SMILES string of the molecule is C=CC(=O)N1CCC(n2nc(C#Cc3cc(OC)cc(C(C)=O)c3)c3c(N)ncnc32)C1. The van der Waals surface area contributed by atoms with Gasteiger partial charge in [-0.05, 0) is 43.5 Å². The summed E-state index contributed by atoms with van der Waals surface area (Å²) >= 11 is 0. The number of fused-ring (bicyclic) bond motifs is 1. The number of nitrogens with two attached hydrogens (primary N) is 1. The number of likely N-dealkylation sites (tertiary alicyclic amines) is 1. The van der Waals surface area contributed by atoms with Gasteiger partial charge in [0.2, 0.25) is 5.91 Å². The van der Waals surface area contributed by atoms with Crippen LogP contribution in [-0.4, -0.2) is 56.5 Å². The molecule has 0 radical (unpaired) electrons. The number of benzene rings is 1. The number of nitrogens with zero attached hydrogens (tertiary/aromatic N) is 5. The molecule has 1 aromatic carbocycles. The molecule has 1 unspecified atom stereocenters. The zero-order valence-electron chi connectivity index (χ0n) is 17.8. The summed E-state index contributed by atoms with van der Waals surface area (Å²) in [5.74, 6) is 6.71. The van der Waals surface area contributed by atoms with Crippen LogP contribution in [0.15, 0.2) is 37.2 Å². The number of rotatable bonds is 4. The molecule has 0 bridgehead atoms. The first-order valence-electron chi connectivity index (χ1n) is 10.0. The number of hydrogen-bond acceptors (Lipinski definition) is 7. The molecule has 32 heavy (non-hydrogen) atoms. The first-order valence-corrected chi connectivity index (χ1v) is 10.0. The van der Waals surface area contributed by atoms with Crippen LogP contribution in [0.4, 0.5) is 5.82 Å². The standard InChI is InChI=1S/C23H22N6O3/c1-4-20(31)28-8-7-17(12-28)29-23-21(22(24)25-13-26-23)19(27-29)6-5-15-9-16(14(2)30)11-18(10-15)32-3/h4,9-11,13,17H,1,7-8,12H2,2-3H3,(H2,24,25,26). The van der Waals surface area contributed by atoms with Crippen molar-refractivity contribution in [2.45, 2.75) is 19.4 Å². The van der Waals surface area contributed by atoms with Gasteiger partial charge < -0.3 is 15.4 Å². The van der Waals surface area contributed by atoms with E-state index in [1.54, 1.807) is 27.8 Å². The Bertz CT molecular complexity index is 1300. The molecule has 2 aromatic heterocycles. The maximum atomic E-state index is 12.0. The van der Waals surface area contributed by atoms with Gasteiger partial charge >= 0.3 is 0 Å². The highest BCUT2D eigenvalue weighted by molar-refractivity contribution is 5.95. The van der Waals surface area contributed by atoms with E-state index in [0.29, 0.717) is 46.7 Å². The Balaban J connectivity index is 1.76. The Kier molecular flexibility index (Phi) is 5.60. The predicted octanol–water partition coefficient (Wildman–Crippen LogP) is 1.98. The fraction of sp³-hybridized carbons (Fsp3) is 0.261. The monoisotopic (exact) mass is 430 g/mol. The van der Waals surface area contributed by atoms with Crippen molar-refractivity contribution >= 4 is 28.5 Å². The smallest absolute Gasteiger partial charge is 0.246 e. The summed E-state index contributed by atoms with van der Waals surface area (Å²) in [5, 5.41) is 5.22. The predicted molar refractivity (Wildman–Crippen MR) is 119 cm³/mol. The Morgan fingerprint density at radius 1 is 1.28 bits per heavy atom. The number of carbonyl (C=O) groups is 2. The number of hydrogen-bond donors (Lipinski definition) is 1. The van der Waals surface area contributed by atoms with E-state index >= 15 is 0 Å². The molecule has 3 heterocycles. The molecule has 3 aromatic rings. The average Bonchev–Trinajstić information content (AvgIpc) is 3.42. The van der Waals surface area contributed by atoms with Gasteiger partial charge in [0.1, 0.15) is 23.6 Å². The zero-order valence-corrected chi connectivity index (χ0v) is 17.8. The van der Waals surface area contributed by atoms with Crippen LogP contribution in [0.2, 0.25) is 0 Å². The molecule has 1 aliphatic heterocycles. The Labute approximate surface area is 184 Å². The van der Waals surface area contributed by atoms with Gasteiger partial charge in [-0.2, -0.15) is 5.10 Å². The lowest BCUT2D eigenvalue weighted by molar-refractivity contribution is -0.125. The van der Waals surface area contributed by atoms with Gasteiger partial charge in [0.05, 0.1) is 18.5 Å². The van der Waals surface area contributed by atoms with Crippen LogP contribution >= 0.6 is 0 Å². The lowest BCUT2D eigenvalue weighted by Gasteiger charge is -2.14. The second-order valence-corrected chi connectivity index (χ2v) is 7.44. The van der Waals surface area contributed by atoms with Gasteiger partial charge in [-0.3, -0.25) is 9.59 Å². The highest BCUT2D eigenvalue weighted by Gasteiger charge is 2.29. The van der Waals surface area contributed by atoms with Crippen LogP contribution in [0.1, 0.15) is 41.0 Å². The zero-order chi connectivity index (χ0) is 22.8. The summed E-state index contributed by atoms with van der Waals surface area (Å²) < 4.78 is 7.04. The van der Waals surface area contributed by atoms with Crippen molar-refractivity contribution in [3.05, 3.63) is 54.0 Å². The minimum atomic E-state index is -0.114. The Hall–Kier alpha value is -4.19. The minimum absolute atomic E-state index is 0.0626. The Morgan fingerprint density at radius 2 is 2.09 bits per heavy atom. The van der Waals surface area contributed by atoms with Crippen molar-refractivity contribution in [1.82, 2.24) is 24.6 Å². The molecule has 0 spiro atoms. The quantitative estimate of drug-likeness (QED) is 0.382. The van der Waals surface area contributed by atoms with E-state index in [2.05, 4.69) is 33.5 Å². The fourth-order valence-corrected chi connectivity index (χ4v) is 3.73. The molecule has 1 aliphatic rings. The first-order chi connectivity index (χ1) is 15.4. The number of carbonyl (C=O) groups excluding carboxylic acids is 2. The van der Waals surface area contributed by atoms with E-state index in [-0.39, 0.29) is 23.6 Å². The van der Waals surface area contributed by atoms with E-state index in [0.717, 1.165) is 6.42 Å². The van der Waals surface area contributed by atoms with Crippen molar-refractivity contribution in [2.75, 3.05) is 25.9 Å². The van der Waals surface area contributed by atoms with Gasteiger partial charge in [0.15, 0.2) is 11.4 Å². The summed E-state index contributed by atoms with van der Waals surface area (Å²) in [5.41, 5.74) is 8.24. The molecule has 4 rings (SSSR count). The third kappa shape index (κ3) is 3.90. The topological polar surface area (TPSA) is 116 Å². The molecule has 9 heteroatoms. The van der Waals surface area contributed by atoms with E-state index in [1.807, 2.05) is 0 Å². The summed E-state index contributed by atoms with van der Waals surface area (Å²) in [6.45, 7) is 6.14.